The molecule has 1 aliphatic rings. The minimum atomic E-state index is -2.25. The van der Waals surface area contributed by atoms with Crippen LogP contribution in [-0.2, 0) is 0 Å². The van der Waals surface area contributed by atoms with Crippen molar-refractivity contribution in [1.82, 2.24) is 5.32 Å². The van der Waals surface area contributed by atoms with Crippen LogP contribution >= 0.6 is 0 Å². The average molecular weight is 219 g/mol. The summed E-state index contributed by atoms with van der Waals surface area (Å²) in [4.78, 5) is 0. The molecule has 1 aliphatic carbocycles. The highest BCUT2D eigenvalue weighted by Crippen LogP contribution is 2.25. The highest BCUT2D eigenvalue weighted by atomic mass is 19.3. The van der Waals surface area contributed by atoms with Crippen LogP contribution in [0.2, 0.25) is 0 Å². The molecule has 0 heterocycles. The summed E-state index contributed by atoms with van der Waals surface area (Å²) >= 11 is 0. The molecule has 15 heavy (non-hydrogen) atoms. The third kappa shape index (κ3) is 4.45. The molecule has 2 atom stereocenters. The molecule has 1 nitrogen and oxygen atoms in total. The van der Waals surface area contributed by atoms with E-state index in [9.17, 15) is 8.78 Å². The van der Waals surface area contributed by atoms with Crippen LogP contribution in [0.25, 0.3) is 0 Å². The molecule has 1 rings (SSSR count). The second-order valence-corrected chi connectivity index (χ2v) is 4.83. The van der Waals surface area contributed by atoms with Gasteiger partial charge in [0.25, 0.3) is 6.43 Å². The lowest BCUT2D eigenvalue weighted by atomic mass is 9.92. The van der Waals surface area contributed by atoms with Crippen molar-refractivity contribution in [1.29, 1.82) is 0 Å². The summed E-state index contributed by atoms with van der Waals surface area (Å²) in [5, 5.41) is 3.03. The van der Waals surface area contributed by atoms with E-state index in [1.807, 2.05) is 0 Å². The molecule has 1 unspecified atom stereocenters. The molecule has 90 valence electrons. The molecule has 1 fully saturated rings. The fourth-order valence-electron chi connectivity index (χ4n) is 2.43. The van der Waals surface area contributed by atoms with E-state index in [-0.39, 0.29) is 6.04 Å². The van der Waals surface area contributed by atoms with Crippen LogP contribution in [0, 0.1) is 5.92 Å². The minimum Gasteiger partial charge on any atom is -0.306 e. The zero-order chi connectivity index (χ0) is 11.3. The number of alkyl halides is 2. The van der Waals surface area contributed by atoms with Crippen LogP contribution in [0.3, 0.4) is 0 Å². The molecule has 1 N–H and O–H groups in total. The van der Waals surface area contributed by atoms with E-state index in [0.717, 1.165) is 0 Å². The SMILES string of the molecule is CC(N[C@@H](C)C1CCCCCC1)C(F)F. The molecule has 0 aromatic heterocycles. The number of hydrogen-bond acceptors (Lipinski definition) is 1. The summed E-state index contributed by atoms with van der Waals surface area (Å²) < 4.78 is 24.7. The van der Waals surface area contributed by atoms with E-state index in [4.69, 9.17) is 0 Å². The second kappa shape index (κ2) is 6.41. The molecule has 3 heteroatoms. The zero-order valence-corrected chi connectivity index (χ0v) is 9.81. The van der Waals surface area contributed by atoms with Gasteiger partial charge >= 0.3 is 0 Å². The molecule has 0 aromatic carbocycles. The Labute approximate surface area is 91.6 Å². The van der Waals surface area contributed by atoms with Crippen molar-refractivity contribution in [3.05, 3.63) is 0 Å². The molecule has 0 amide bonds. The van der Waals surface area contributed by atoms with Gasteiger partial charge in [0.1, 0.15) is 0 Å². The van der Waals surface area contributed by atoms with Crippen molar-refractivity contribution in [2.75, 3.05) is 0 Å². The second-order valence-electron chi connectivity index (χ2n) is 4.83. The van der Waals surface area contributed by atoms with Gasteiger partial charge in [-0.25, -0.2) is 8.78 Å². The third-order valence-electron chi connectivity index (χ3n) is 3.51. The Kier molecular flexibility index (Phi) is 5.51. The third-order valence-corrected chi connectivity index (χ3v) is 3.51. The molecule has 0 aromatic rings. The maximum atomic E-state index is 12.4. The predicted octanol–water partition coefficient (Wildman–Crippen LogP) is 3.59. The highest BCUT2D eigenvalue weighted by molar-refractivity contribution is 4.78. The smallest absolute Gasteiger partial charge is 0.253 e. The monoisotopic (exact) mass is 219 g/mol. The molecule has 0 radical (unpaired) electrons. The maximum absolute atomic E-state index is 12.4. The van der Waals surface area contributed by atoms with Gasteiger partial charge in [0.2, 0.25) is 0 Å². The molecule has 0 bridgehead atoms. The summed E-state index contributed by atoms with van der Waals surface area (Å²) in [7, 11) is 0. The summed E-state index contributed by atoms with van der Waals surface area (Å²) in [6.07, 6.45) is 5.30. The minimum absolute atomic E-state index is 0.229. The molecular formula is C12H23F2N. The standard InChI is InChI=1S/C12H23F2N/c1-9(15-10(2)12(13)14)11-7-5-3-4-6-8-11/h9-12,15H,3-8H2,1-2H3/t9-,10?/m0/s1. The molecule has 1 saturated carbocycles. The summed E-state index contributed by atoms with van der Waals surface area (Å²) in [6, 6.07) is -0.449. The van der Waals surface area contributed by atoms with Crippen LogP contribution in [0.4, 0.5) is 8.78 Å². The molecular weight excluding hydrogens is 196 g/mol. The van der Waals surface area contributed by atoms with E-state index in [0.29, 0.717) is 5.92 Å². The lowest BCUT2D eigenvalue weighted by Crippen LogP contribution is -2.42. The first-order valence-corrected chi connectivity index (χ1v) is 6.15. The zero-order valence-electron chi connectivity index (χ0n) is 9.81. The Morgan fingerprint density at radius 1 is 1.00 bits per heavy atom. The quantitative estimate of drug-likeness (QED) is 0.712. The topological polar surface area (TPSA) is 12.0 Å². The van der Waals surface area contributed by atoms with Crippen LogP contribution in [0.15, 0.2) is 0 Å². The Hall–Kier alpha value is -0.180. The number of hydrogen-bond donors (Lipinski definition) is 1. The summed E-state index contributed by atoms with van der Waals surface area (Å²) in [6.45, 7) is 3.62. The van der Waals surface area contributed by atoms with Crippen LogP contribution in [0.5, 0.6) is 0 Å². The average Bonchev–Trinajstić information content (AvgIpc) is 2.45. The fraction of sp³-hybridized carbons (Fsp3) is 1.00. The fourth-order valence-corrected chi connectivity index (χ4v) is 2.43. The van der Waals surface area contributed by atoms with Crippen LogP contribution in [0.1, 0.15) is 52.4 Å². The number of rotatable bonds is 4. The van der Waals surface area contributed by atoms with Crippen LogP contribution in [-0.4, -0.2) is 18.5 Å². The molecule has 0 aliphatic heterocycles. The molecule has 0 spiro atoms. The maximum Gasteiger partial charge on any atom is 0.253 e. The first-order chi connectivity index (χ1) is 7.11. The predicted molar refractivity (Wildman–Crippen MR) is 59.3 cm³/mol. The van der Waals surface area contributed by atoms with Crippen molar-refractivity contribution >= 4 is 0 Å². The Balaban J connectivity index is 2.33. The van der Waals surface area contributed by atoms with Crippen molar-refractivity contribution < 1.29 is 8.78 Å². The highest BCUT2D eigenvalue weighted by Gasteiger charge is 2.23. The van der Waals surface area contributed by atoms with Gasteiger partial charge < -0.3 is 5.32 Å². The van der Waals surface area contributed by atoms with Gasteiger partial charge in [-0.2, -0.15) is 0 Å². The van der Waals surface area contributed by atoms with E-state index in [2.05, 4.69) is 12.2 Å². The number of nitrogens with one attached hydrogen (secondary N) is 1. The van der Waals surface area contributed by atoms with E-state index in [1.54, 1.807) is 6.92 Å². The lowest BCUT2D eigenvalue weighted by Gasteiger charge is -2.26. The normalized spacial score (nSPS) is 23.8. The summed E-state index contributed by atoms with van der Waals surface area (Å²) in [5.41, 5.74) is 0. The largest absolute Gasteiger partial charge is 0.306 e. The summed E-state index contributed by atoms with van der Waals surface area (Å²) in [5.74, 6) is 0.591. The Morgan fingerprint density at radius 2 is 1.53 bits per heavy atom. The Morgan fingerprint density at radius 3 is 2.00 bits per heavy atom. The van der Waals surface area contributed by atoms with Crippen molar-refractivity contribution in [3.8, 4) is 0 Å². The first-order valence-electron chi connectivity index (χ1n) is 6.15. The van der Waals surface area contributed by atoms with Crippen LogP contribution < -0.4 is 5.32 Å². The van der Waals surface area contributed by atoms with Crippen molar-refractivity contribution in [3.63, 3.8) is 0 Å². The molecule has 0 saturated heterocycles. The van der Waals surface area contributed by atoms with Gasteiger partial charge in [-0.05, 0) is 32.6 Å². The number of halogens is 2. The van der Waals surface area contributed by atoms with Gasteiger partial charge in [0.05, 0.1) is 6.04 Å². The van der Waals surface area contributed by atoms with E-state index in [1.165, 1.54) is 38.5 Å². The van der Waals surface area contributed by atoms with Gasteiger partial charge in [0.15, 0.2) is 0 Å². The van der Waals surface area contributed by atoms with Crippen molar-refractivity contribution in [2.45, 2.75) is 70.9 Å². The van der Waals surface area contributed by atoms with Gasteiger partial charge in [-0.3, -0.25) is 0 Å². The van der Waals surface area contributed by atoms with E-state index >= 15 is 0 Å². The first kappa shape index (κ1) is 12.9. The van der Waals surface area contributed by atoms with Crippen molar-refractivity contribution in [2.24, 2.45) is 5.92 Å². The van der Waals surface area contributed by atoms with Gasteiger partial charge in [-0.15, -0.1) is 0 Å². The lowest BCUT2D eigenvalue weighted by molar-refractivity contribution is 0.0949. The van der Waals surface area contributed by atoms with E-state index < -0.39 is 12.5 Å². The van der Waals surface area contributed by atoms with Gasteiger partial charge in [-0.1, -0.05) is 25.7 Å². The Bertz CT molecular complexity index is 165. The van der Waals surface area contributed by atoms with Gasteiger partial charge in [0, 0.05) is 6.04 Å².